The average Bonchev–Trinajstić information content (AvgIpc) is 2.86. The molecule has 2 aromatic rings. The van der Waals surface area contributed by atoms with Crippen molar-refractivity contribution < 1.29 is 4.79 Å². The summed E-state index contributed by atoms with van der Waals surface area (Å²) in [5.74, 6) is -0.0518. The van der Waals surface area contributed by atoms with E-state index in [-0.39, 0.29) is 11.3 Å². The monoisotopic (exact) mass is 302 g/mol. The molecule has 0 atom stereocenters. The van der Waals surface area contributed by atoms with Gasteiger partial charge >= 0.3 is 0 Å². The lowest BCUT2D eigenvalue weighted by Crippen LogP contribution is -2.07. The lowest BCUT2D eigenvalue weighted by molar-refractivity contribution is -0.114. The molecule has 3 nitrogen and oxygen atoms in total. The molecule has 0 radical (unpaired) electrons. The molecule has 1 aromatic carbocycles. The van der Waals surface area contributed by atoms with Crippen molar-refractivity contribution in [2.45, 2.75) is 39.7 Å². The Hall–Kier alpha value is -1.81. The summed E-state index contributed by atoms with van der Waals surface area (Å²) in [7, 11) is 0. The molecule has 1 amide bonds. The summed E-state index contributed by atoms with van der Waals surface area (Å²) >= 11 is 1.85. The molecule has 1 heterocycles. The number of hydrogen-bond acceptors (Lipinski definition) is 3. The number of nitrogens with one attached hydrogen (secondary N) is 2. The van der Waals surface area contributed by atoms with Crippen LogP contribution >= 0.6 is 11.3 Å². The van der Waals surface area contributed by atoms with Crippen LogP contribution in [0.3, 0.4) is 0 Å². The number of anilines is 2. The maximum atomic E-state index is 11.0. The number of amides is 1. The third-order valence-corrected chi connectivity index (χ3v) is 4.58. The van der Waals surface area contributed by atoms with Gasteiger partial charge in [0.1, 0.15) is 0 Å². The predicted octanol–water partition coefficient (Wildman–Crippen LogP) is 4.62. The first-order chi connectivity index (χ1) is 9.84. The van der Waals surface area contributed by atoms with Crippen LogP contribution in [0.25, 0.3) is 0 Å². The van der Waals surface area contributed by atoms with E-state index >= 15 is 0 Å². The van der Waals surface area contributed by atoms with E-state index in [1.165, 1.54) is 16.7 Å². The van der Waals surface area contributed by atoms with Gasteiger partial charge in [-0.3, -0.25) is 4.79 Å². The highest BCUT2D eigenvalue weighted by Crippen LogP contribution is 2.29. The quantitative estimate of drug-likeness (QED) is 0.865. The summed E-state index contributed by atoms with van der Waals surface area (Å²) in [6, 6.07) is 12.1. The fraction of sp³-hybridized carbons (Fsp3) is 0.353. The highest BCUT2D eigenvalue weighted by Gasteiger charge is 2.15. The summed E-state index contributed by atoms with van der Waals surface area (Å²) in [6.45, 7) is 9.03. The van der Waals surface area contributed by atoms with Crippen molar-refractivity contribution in [2.24, 2.45) is 0 Å². The van der Waals surface area contributed by atoms with E-state index < -0.39 is 0 Å². The van der Waals surface area contributed by atoms with Crippen molar-refractivity contribution in [1.82, 2.24) is 0 Å². The van der Waals surface area contributed by atoms with Crippen molar-refractivity contribution in [3.05, 3.63) is 46.2 Å². The largest absolute Gasteiger partial charge is 0.380 e. The summed E-state index contributed by atoms with van der Waals surface area (Å²) in [5.41, 5.74) is 2.08. The van der Waals surface area contributed by atoms with E-state index in [0.29, 0.717) is 0 Å². The van der Waals surface area contributed by atoms with Crippen molar-refractivity contribution in [3.8, 4) is 0 Å². The highest BCUT2D eigenvalue weighted by molar-refractivity contribution is 7.12. The van der Waals surface area contributed by atoms with Gasteiger partial charge in [0.25, 0.3) is 0 Å². The van der Waals surface area contributed by atoms with Crippen molar-refractivity contribution >= 4 is 28.6 Å². The van der Waals surface area contributed by atoms with Gasteiger partial charge in [-0.05, 0) is 41.8 Å². The molecule has 0 aliphatic rings. The number of benzene rings is 1. The molecule has 0 bridgehead atoms. The Morgan fingerprint density at radius 1 is 1.05 bits per heavy atom. The molecule has 0 spiro atoms. The Kier molecular flexibility index (Phi) is 4.68. The lowest BCUT2D eigenvalue weighted by Gasteiger charge is -2.15. The molecule has 2 rings (SSSR count). The first-order valence-electron chi connectivity index (χ1n) is 7.05. The van der Waals surface area contributed by atoms with Crippen LogP contribution < -0.4 is 10.6 Å². The fourth-order valence-electron chi connectivity index (χ4n) is 1.94. The van der Waals surface area contributed by atoms with E-state index in [0.717, 1.165) is 17.9 Å². The average molecular weight is 302 g/mol. The molecule has 112 valence electrons. The van der Waals surface area contributed by atoms with Crippen LogP contribution in [0, 0.1) is 0 Å². The molecule has 0 saturated heterocycles. The second kappa shape index (κ2) is 6.31. The minimum Gasteiger partial charge on any atom is -0.380 e. The van der Waals surface area contributed by atoms with Gasteiger partial charge in [0.2, 0.25) is 5.91 Å². The molecule has 1 aromatic heterocycles. The van der Waals surface area contributed by atoms with E-state index in [1.807, 2.05) is 35.6 Å². The van der Waals surface area contributed by atoms with Crippen LogP contribution in [-0.2, 0) is 16.8 Å². The zero-order valence-electron chi connectivity index (χ0n) is 13.0. The van der Waals surface area contributed by atoms with Gasteiger partial charge in [0.15, 0.2) is 0 Å². The minimum atomic E-state index is -0.0518. The van der Waals surface area contributed by atoms with Gasteiger partial charge in [-0.15, -0.1) is 11.3 Å². The Morgan fingerprint density at radius 2 is 1.67 bits per heavy atom. The molecule has 21 heavy (non-hydrogen) atoms. The van der Waals surface area contributed by atoms with Crippen LogP contribution in [0.4, 0.5) is 11.4 Å². The Balaban J connectivity index is 1.94. The maximum absolute atomic E-state index is 11.0. The number of hydrogen-bond donors (Lipinski definition) is 2. The Bertz CT molecular complexity index is 608. The minimum absolute atomic E-state index is 0.0518. The highest BCUT2D eigenvalue weighted by atomic mass is 32.1. The van der Waals surface area contributed by atoms with Crippen LogP contribution in [0.1, 0.15) is 37.4 Å². The van der Waals surface area contributed by atoms with E-state index in [9.17, 15) is 4.79 Å². The van der Waals surface area contributed by atoms with Crippen molar-refractivity contribution in [2.75, 3.05) is 10.6 Å². The normalized spacial score (nSPS) is 11.2. The van der Waals surface area contributed by atoms with Gasteiger partial charge in [0, 0.05) is 34.6 Å². The molecule has 2 N–H and O–H groups in total. The zero-order chi connectivity index (χ0) is 15.5. The lowest BCUT2D eigenvalue weighted by atomic mass is 9.95. The standard InChI is InChI=1S/C17H22N2OS/c1-12(20)19-14-7-5-13(6-8-14)18-11-15-9-10-16(21-15)17(2,3)4/h5-10,18H,11H2,1-4H3,(H,19,20). The smallest absolute Gasteiger partial charge is 0.221 e. The van der Waals surface area contributed by atoms with Gasteiger partial charge in [-0.1, -0.05) is 20.8 Å². The van der Waals surface area contributed by atoms with Crippen molar-refractivity contribution in [3.63, 3.8) is 0 Å². The Morgan fingerprint density at radius 3 is 2.19 bits per heavy atom. The van der Waals surface area contributed by atoms with E-state index in [4.69, 9.17) is 0 Å². The van der Waals surface area contributed by atoms with Crippen LogP contribution in [0.5, 0.6) is 0 Å². The van der Waals surface area contributed by atoms with Gasteiger partial charge < -0.3 is 10.6 Å². The van der Waals surface area contributed by atoms with Crippen molar-refractivity contribution in [1.29, 1.82) is 0 Å². The number of rotatable bonds is 4. The zero-order valence-corrected chi connectivity index (χ0v) is 13.8. The number of carbonyl (C=O) groups is 1. The molecule has 0 aliphatic heterocycles. The summed E-state index contributed by atoms with van der Waals surface area (Å²) in [6.07, 6.45) is 0. The first kappa shape index (κ1) is 15.6. The summed E-state index contributed by atoms with van der Waals surface area (Å²) in [4.78, 5) is 13.7. The molecular formula is C17H22N2OS. The van der Waals surface area contributed by atoms with Gasteiger partial charge in [0.05, 0.1) is 0 Å². The summed E-state index contributed by atoms with van der Waals surface area (Å²) in [5, 5.41) is 6.17. The van der Waals surface area contributed by atoms with Crippen LogP contribution in [-0.4, -0.2) is 5.91 Å². The van der Waals surface area contributed by atoms with E-state index in [1.54, 1.807) is 0 Å². The molecule has 0 saturated carbocycles. The Labute approximate surface area is 130 Å². The van der Waals surface area contributed by atoms with E-state index in [2.05, 4.69) is 43.5 Å². The number of thiophene rings is 1. The van der Waals surface area contributed by atoms with Gasteiger partial charge in [-0.25, -0.2) is 0 Å². The van der Waals surface area contributed by atoms with Gasteiger partial charge in [-0.2, -0.15) is 0 Å². The number of carbonyl (C=O) groups excluding carboxylic acids is 1. The molecule has 4 heteroatoms. The maximum Gasteiger partial charge on any atom is 0.221 e. The molecule has 0 aliphatic carbocycles. The second-order valence-electron chi connectivity index (χ2n) is 6.13. The predicted molar refractivity (Wildman–Crippen MR) is 91.1 cm³/mol. The third kappa shape index (κ3) is 4.60. The first-order valence-corrected chi connectivity index (χ1v) is 7.87. The molecule has 0 unspecified atom stereocenters. The fourth-order valence-corrected chi connectivity index (χ4v) is 2.95. The van der Waals surface area contributed by atoms with Crippen LogP contribution in [0.15, 0.2) is 36.4 Å². The third-order valence-electron chi connectivity index (χ3n) is 3.07. The second-order valence-corrected chi connectivity index (χ2v) is 7.30. The summed E-state index contributed by atoms with van der Waals surface area (Å²) < 4.78 is 0. The van der Waals surface area contributed by atoms with Crippen LogP contribution in [0.2, 0.25) is 0 Å². The molecule has 0 fully saturated rings. The molecular weight excluding hydrogens is 280 g/mol. The SMILES string of the molecule is CC(=O)Nc1ccc(NCc2ccc(C(C)(C)C)s2)cc1. The topological polar surface area (TPSA) is 41.1 Å².